The van der Waals surface area contributed by atoms with Crippen molar-refractivity contribution >= 4 is 28.4 Å². The Labute approximate surface area is 120 Å². The maximum absolute atomic E-state index is 11.2. The topological polar surface area (TPSA) is 105 Å². The summed E-state index contributed by atoms with van der Waals surface area (Å²) in [6.07, 6.45) is 0. The normalized spacial score (nSPS) is 12.3. The van der Waals surface area contributed by atoms with Crippen LogP contribution in [0, 0.1) is 16.0 Å². The van der Waals surface area contributed by atoms with Crippen molar-refractivity contribution in [2.45, 2.75) is 19.9 Å². The molecule has 1 atom stereocenters. The third-order valence-electron chi connectivity index (χ3n) is 3.13. The van der Waals surface area contributed by atoms with Crippen molar-refractivity contribution in [3.8, 4) is 0 Å². The molecule has 1 aromatic carbocycles. The Kier molecular flexibility index (Phi) is 4.02. The molecule has 0 saturated heterocycles. The van der Waals surface area contributed by atoms with Crippen molar-refractivity contribution in [2.75, 3.05) is 5.32 Å². The molecule has 1 heterocycles. The zero-order valence-electron chi connectivity index (χ0n) is 11.6. The molecule has 0 spiro atoms. The number of aliphatic carboxylic acids is 1. The highest BCUT2D eigenvalue weighted by atomic mass is 16.6. The summed E-state index contributed by atoms with van der Waals surface area (Å²) in [4.78, 5) is 26.0. The van der Waals surface area contributed by atoms with Crippen molar-refractivity contribution in [3.63, 3.8) is 0 Å². The first-order valence-corrected chi connectivity index (χ1v) is 6.43. The van der Waals surface area contributed by atoms with Crippen LogP contribution in [0.2, 0.25) is 0 Å². The van der Waals surface area contributed by atoms with Crippen LogP contribution in [0.25, 0.3) is 10.9 Å². The molecule has 2 rings (SSSR count). The van der Waals surface area contributed by atoms with Crippen molar-refractivity contribution < 1.29 is 14.8 Å². The predicted octanol–water partition coefficient (Wildman–Crippen LogP) is 2.66. The number of nitro groups is 1. The second-order valence-electron chi connectivity index (χ2n) is 5.01. The average molecular weight is 289 g/mol. The van der Waals surface area contributed by atoms with Crippen LogP contribution in [-0.2, 0) is 4.79 Å². The first kappa shape index (κ1) is 14.7. The number of hydrogen-bond acceptors (Lipinski definition) is 5. The van der Waals surface area contributed by atoms with Gasteiger partial charge in [-0.3, -0.25) is 10.1 Å². The first-order valence-electron chi connectivity index (χ1n) is 6.43. The number of benzene rings is 1. The minimum absolute atomic E-state index is 0.0280. The lowest BCUT2D eigenvalue weighted by Gasteiger charge is -2.18. The standard InChI is InChI=1S/C14H15N3O4/c1-8(2)12(14(18)19)16-13-11(17(20)21)7-9-5-3-4-6-10(9)15-13/h3-8,12H,1-2H3,(H,15,16)(H,18,19)/t12-/m1/s1. The number of pyridine rings is 1. The fraction of sp³-hybridized carbons (Fsp3) is 0.286. The summed E-state index contributed by atoms with van der Waals surface area (Å²) in [6.45, 7) is 3.44. The summed E-state index contributed by atoms with van der Waals surface area (Å²) in [5.74, 6) is -1.34. The Morgan fingerprint density at radius 2 is 2.05 bits per heavy atom. The number of hydrogen-bond donors (Lipinski definition) is 2. The number of carboxylic acids is 1. The number of fused-ring (bicyclic) bond motifs is 1. The lowest BCUT2D eigenvalue weighted by Crippen LogP contribution is -2.34. The summed E-state index contributed by atoms with van der Waals surface area (Å²) in [6, 6.07) is 7.41. The van der Waals surface area contributed by atoms with Crippen LogP contribution < -0.4 is 5.32 Å². The van der Waals surface area contributed by atoms with Crippen molar-refractivity contribution in [2.24, 2.45) is 5.92 Å². The number of nitrogens with zero attached hydrogens (tertiary/aromatic N) is 2. The van der Waals surface area contributed by atoms with Gasteiger partial charge in [0.25, 0.3) is 0 Å². The SMILES string of the molecule is CC(C)[C@@H](Nc1nc2ccccc2cc1[N+](=O)[O-])C(=O)O. The van der Waals surface area contributed by atoms with Gasteiger partial charge >= 0.3 is 11.7 Å². The molecule has 0 aliphatic heterocycles. The molecule has 0 fully saturated rings. The van der Waals surface area contributed by atoms with Crippen LogP contribution in [0.1, 0.15) is 13.8 Å². The number of para-hydroxylation sites is 1. The summed E-state index contributed by atoms with van der Waals surface area (Å²) < 4.78 is 0. The Bertz CT molecular complexity index is 700. The largest absolute Gasteiger partial charge is 0.480 e. The summed E-state index contributed by atoms with van der Waals surface area (Å²) in [5.41, 5.74) is 0.332. The third kappa shape index (κ3) is 3.07. The molecule has 0 bridgehead atoms. The number of anilines is 1. The number of aromatic nitrogens is 1. The molecule has 0 aliphatic carbocycles. The number of carboxylic acid groups (broad SMARTS) is 1. The summed E-state index contributed by atoms with van der Waals surface area (Å²) >= 11 is 0. The monoisotopic (exact) mass is 289 g/mol. The van der Waals surface area contributed by atoms with Crippen molar-refractivity contribution in [3.05, 3.63) is 40.4 Å². The molecule has 0 aliphatic rings. The van der Waals surface area contributed by atoms with E-state index in [2.05, 4.69) is 10.3 Å². The molecule has 7 nitrogen and oxygen atoms in total. The zero-order chi connectivity index (χ0) is 15.6. The van der Waals surface area contributed by atoms with Gasteiger partial charge in [-0.15, -0.1) is 0 Å². The van der Waals surface area contributed by atoms with Crippen LogP contribution >= 0.6 is 0 Å². The van der Waals surface area contributed by atoms with E-state index >= 15 is 0 Å². The van der Waals surface area contributed by atoms with Gasteiger partial charge in [-0.1, -0.05) is 32.0 Å². The highest BCUT2D eigenvalue weighted by molar-refractivity contribution is 5.86. The van der Waals surface area contributed by atoms with E-state index in [4.69, 9.17) is 0 Å². The highest BCUT2D eigenvalue weighted by Gasteiger charge is 2.26. The molecule has 0 radical (unpaired) electrons. The van der Waals surface area contributed by atoms with Gasteiger partial charge in [0.2, 0.25) is 5.82 Å². The van der Waals surface area contributed by atoms with Crippen LogP contribution in [0.3, 0.4) is 0 Å². The minimum Gasteiger partial charge on any atom is -0.480 e. The Hall–Kier alpha value is -2.70. The first-order chi connectivity index (χ1) is 9.90. The van der Waals surface area contributed by atoms with Gasteiger partial charge in [-0.2, -0.15) is 0 Å². The molecule has 21 heavy (non-hydrogen) atoms. The van der Waals surface area contributed by atoms with Gasteiger partial charge < -0.3 is 10.4 Å². The Morgan fingerprint density at radius 3 is 2.62 bits per heavy atom. The fourth-order valence-electron chi connectivity index (χ4n) is 2.01. The maximum Gasteiger partial charge on any atom is 0.326 e. The lowest BCUT2D eigenvalue weighted by molar-refractivity contribution is -0.384. The van der Waals surface area contributed by atoms with Gasteiger partial charge in [-0.25, -0.2) is 9.78 Å². The highest BCUT2D eigenvalue weighted by Crippen LogP contribution is 2.28. The van der Waals surface area contributed by atoms with E-state index in [1.807, 2.05) is 0 Å². The van der Waals surface area contributed by atoms with Crippen LogP contribution in [0.15, 0.2) is 30.3 Å². The lowest BCUT2D eigenvalue weighted by atomic mass is 10.0. The fourth-order valence-corrected chi connectivity index (χ4v) is 2.01. The average Bonchev–Trinajstić information content (AvgIpc) is 2.42. The van der Waals surface area contributed by atoms with Gasteiger partial charge in [0, 0.05) is 11.5 Å². The number of rotatable bonds is 5. The van der Waals surface area contributed by atoms with E-state index in [9.17, 15) is 20.0 Å². The van der Waals surface area contributed by atoms with Crippen molar-refractivity contribution in [1.82, 2.24) is 4.98 Å². The molecule has 2 aromatic rings. The van der Waals surface area contributed by atoms with Gasteiger partial charge in [0.1, 0.15) is 6.04 Å². The van der Waals surface area contributed by atoms with E-state index < -0.39 is 16.9 Å². The number of carbonyl (C=O) groups is 1. The maximum atomic E-state index is 11.2. The van der Waals surface area contributed by atoms with E-state index in [-0.39, 0.29) is 17.4 Å². The van der Waals surface area contributed by atoms with E-state index in [1.165, 1.54) is 6.07 Å². The molecule has 110 valence electrons. The summed E-state index contributed by atoms with van der Waals surface area (Å²) in [5, 5.41) is 23.7. The molecule has 0 saturated carbocycles. The number of nitrogens with one attached hydrogen (secondary N) is 1. The Morgan fingerprint density at radius 1 is 1.38 bits per heavy atom. The Balaban J connectivity index is 2.52. The second kappa shape index (κ2) is 5.74. The van der Waals surface area contributed by atoms with E-state index in [0.29, 0.717) is 10.9 Å². The molecule has 2 N–H and O–H groups in total. The van der Waals surface area contributed by atoms with Crippen LogP contribution in [-0.4, -0.2) is 27.0 Å². The zero-order valence-corrected chi connectivity index (χ0v) is 11.6. The molecule has 0 amide bonds. The molecule has 0 unspecified atom stereocenters. The van der Waals surface area contributed by atoms with E-state index in [0.717, 1.165) is 0 Å². The quantitative estimate of drug-likeness (QED) is 0.647. The molecular formula is C14H15N3O4. The third-order valence-corrected chi connectivity index (χ3v) is 3.13. The van der Waals surface area contributed by atoms with Gasteiger partial charge in [0.15, 0.2) is 0 Å². The molecule has 1 aromatic heterocycles. The predicted molar refractivity (Wildman–Crippen MR) is 78.3 cm³/mol. The van der Waals surface area contributed by atoms with E-state index in [1.54, 1.807) is 38.1 Å². The van der Waals surface area contributed by atoms with Crippen LogP contribution in [0.5, 0.6) is 0 Å². The minimum atomic E-state index is -1.07. The second-order valence-corrected chi connectivity index (χ2v) is 5.01. The smallest absolute Gasteiger partial charge is 0.326 e. The summed E-state index contributed by atoms with van der Waals surface area (Å²) in [7, 11) is 0. The van der Waals surface area contributed by atoms with Gasteiger partial charge in [-0.05, 0) is 12.0 Å². The molecule has 7 heteroatoms. The molecular weight excluding hydrogens is 274 g/mol. The van der Waals surface area contributed by atoms with Gasteiger partial charge in [0.05, 0.1) is 10.4 Å². The van der Waals surface area contributed by atoms with Crippen molar-refractivity contribution in [1.29, 1.82) is 0 Å². The van der Waals surface area contributed by atoms with Crippen LogP contribution in [0.4, 0.5) is 11.5 Å².